The van der Waals surface area contributed by atoms with Crippen molar-refractivity contribution in [2.75, 3.05) is 0 Å². The summed E-state index contributed by atoms with van der Waals surface area (Å²) in [6.07, 6.45) is 1.84. The predicted molar refractivity (Wildman–Crippen MR) is 74.3 cm³/mol. The Morgan fingerprint density at radius 2 is 1.56 bits per heavy atom. The molecule has 1 heteroatoms. The van der Waals surface area contributed by atoms with Gasteiger partial charge in [-0.15, -0.1) is 0 Å². The van der Waals surface area contributed by atoms with Gasteiger partial charge in [-0.3, -0.25) is 0 Å². The van der Waals surface area contributed by atoms with Crippen molar-refractivity contribution in [2.24, 2.45) is 0 Å². The Morgan fingerprint density at radius 3 is 2.11 bits per heavy atom. The molecule has 0 aliphatic rings. The summed E-state index contributed by atoms with van der Waals surface area (Å²) in [6.45, 7) is 2.15. The van der Waals surface area contributed by atoms with E-state index in [-0.39, 0.29) is 5.92 Å². The molecule has 0 aromatic heterocycles. The molecule has 2 aromatic rings. The number of nitriles is 1. The molecule has 0 saturated heterocycles. The molecule has 0 N–H and O–H groups in total. The van der Waals surface area contributed by atoms with Crippen molar-refractivity contribution >= 4 is 0 Å². The van der Waals surface area contributed by atoms with Gasteiger partial charge < -0.3 is 0 Å². The van der Waals surface area contributed by atoms with E-state index in [0.29, 0.717) is 0 Å². The van der Waals surface area contributed by atoms with Gasteiger partial charge in [0.15, 0.2) is 0 Å². The third-order valence-electron chi connectivity index (χ3n) is 3.23. The van der Waals surface area contributed by atoms with Crippen molar-refractivity contribution in [2.45, 2.75) is 25.7 Å². The van der Waals surface area contributed by atoms with Crippen molar-refractivity contribution in [3.63, 3.8) is 0 Å². The van der Waals surface area contributed by atoms with E-state index in [4.69, 9.17) is 0 Å². The van der Waals surface area contributed by atoms with E-state index in [0.717, 1.165) is 18.4 Å². The van der Waals surface area contributed by atoms with E-state index in [2.05, 4.69) is 37.3 Å². The van der Waals surface area contributed by atoms with Crippen LogP contribution in [0.25, 0.3) is 0 Å². The monoisotopic (exact) mass is 235 g/mol. The first kappa shape index (κ1) is 12.4. The lowest BCUT2D eigenvalue weighted by molar-refractivity contribution is 0.848. The molecule has 0 aliphatic carbocycles. The summed E-state index contributed by atoms with van der Waals surface area (Å²) in [7, 11) is 0. The van der Waals surface area contributed by atoms with E-state index in [1.165, 1.54) is 11.1 Å². The Labute approximate surface area is 109 Å². The summed E-state index contributed by atoms with van der Waals surface area (Å²) < 4.78 is 0. The number of hydrogen-bond donors (Lipinski definition) is 0. The number of aryl methyl sites for hydroxylation is 1. The maximum atomic E-state index is 9.29. The number of hydrogen-bond acceptors (Lipinski definition) is 1. The molecule has 2 aromatic carbocycles. The van der Waals surface area contributed by atoms with Crippen LogP contribution in [0.3, 0.4) is 0 Å². The van der Waals surface area contributed by atoms with Crippen LogP contribution in [0.15, 0.2) is 54.6 Å². The van der Waals surface area contributed by atoms with Gasteiger partial charge in [0.25, 0.3) is 0 Å². The molecule has 0 radical (unpaired) electrons. The first-order chi connectivity index (χ1) is 8.83. The average Bonchev–Trinajstić information content (AvgIpc) is 2.46. The van der Waals surface area contributed by atoms with Crippen LogP contribution in [0.5, 0.6) is 0 Å². The zero-order valence-electron chi connectivity index (χ0n) is 10.6. The van der Waals surface area contributed by atoms with Crippen LogP contribution in [0, 0.1) is 11.3 Å². The topological polar surface area (TPSA) is 23.8 Å². The van der Waals surface area contributed by atoms with Gasteiger partial charge in [-0.1, -0.05) is 61.5 Å². The largest absolute Gasteiger partial charge is 0.198 e. The fourth-order valence-corrected chi connectivity index (χ4v) is 2.07. The number of benzene rings is 2. The van der Waals surface area contributed by atoms with Crippen LogP contribution < -0.4 is 0 Å². The lowest BCUT2D eigenvalue weighted by Crippen LogP contribution is -2.00. The van der Waals surface area contributed by atoms with Gasteiger partial charge in [0.05, 0.1) is 12.0 Å². The fourth-order valence-electron chi connectivity index (χ4n) is 2.07. The highest BCUT2D eigenvalue weighted by Crippen LogP contribution is 2.20. The van der Waals surface area contributed by atoms with Gasteiger partial charge in [-0.2, -0.15) is 5.26 Å². The highest BCUT2D eigenvalue weighted by atomic mass is 14.3. The molecule has 0 heterocycles. The molecule has 0 saturated carbocycles. The third-order valence-corrected chi connectivity index (χ3v) is 3.23. The molecule has 90 valence electrons. The Kier molecular flexibility index (Phi) is 4.15. The summed E-state index contributed by atoms with van der Waals surface area (Å²) >= 11 is 0. The zero-order valence-corrected chi connectivity index (χ0v) is 10.6. The van der Waals surface area contributed by atoms with Gasteiger partial charge in [0, 0.05) is 0 Å². The molecule has 1 nitrogen and oxygen atoms in total. The summed E-state index contributed by atoms with van der Waals surface area (Å²) in [6, 6.07) is 20.9. The summed E-state index contributed by atoms with van der Waals surface area (Å²) in [5.74, 6) is -0.0568. The van der Waals surface area contributed by atoms with Crippen molar-refractivity contribution in [1.82, 2.24) is 0 Å². The lowest BCUT2D eigenvalue weighted by Gasteiger charge is -2.09. The van der Waals surface area contributed by atoms with Gasteiger partial charge in [0.1, 0.15) is 0 Å². The van der Waals surface area contributed by atoms with Gasteiger partial charge in [0.2, 0.25) is 0 Å². The normalized spacial score (nSPS) is 11.8. The van der Waals surface area contributed by atoms with E-state index < -0.39 is 0 Å². The number of rotatable bonds is 4. The Balaban J connectivity index is 2.13. The minimum Gasteiger partial charge on any atom is -0.198 e. The molecule has 0 fully saturated rings. The molecule has 0 amide bonds. The predicted octanol–water partition coefficient (Wildman–Crippen LogP) is 4.10. The van der Waals surface area contributed by atoms with E-state index in [1.807, 2.05) is 30.3 Å². The molecule has 0 aliphatic heterocycles. The Bertz CT molecular complexity index is 520. The second-order valence-corrected chi connectivity index (χ2v) is 4.47. The zero-order chi connectivity index (χ0) is 12.8. The van der Waals surface area contributed by atoms with Crippen LogP contribution in [-0.2, 0) is 12.8 Å². The Morgan fingerprint density at radius 1 is 0.944 bits per heavy atom. The van der Waals surface area contributed by atoms with Crippen molar-refractivity contribution < 1.29 is 0 Å². The average molecular weight is 235 g/mol. The van der Waals surface area contributed by atoms with Gasteiger partial charge in [-0.25, -0.2) is 0 Å². The molecule has 18 heavy (non-hydrogen) atoms. The molecular formula is C17H17N. The molecule has 1 unspecified atom stereocenters. The van der Waals surface area contributed by atoms with Crippen LogP contribution in [0.4, 0.5) is 0 Å². The van der Waals surface area contributed by atoms with Crippen LogP contribution >= 0.6 is 0 Å². The lowest BCUT2D eigenvalue weighted by atomic mass is 9.93. The molecule has 0 bridgehead atoms. The van der Waals surface area contributed by atoms with Crippen LogP contribution in [0.1, 0.15) is 29.5 Å². The summed E-state index contributed by atoms with van der Waals surface area (Å²) in [5, 5.41) is 9.29. The van der Waals surface area contributed by atoms with Crippen molar-refractivity contribution in [3.8, 4) is 6.07 Å². The van der Waals surface area contributed by atoms with E-state index >= 15 is 0 Å². The Hall–Kier alpha value is -2.07. The minimum absolute atomic E-state index is 0.0568. The second kappa shape index (κ2) is 6.02. The first-order valence-corrected chi connectivity index (χ1v) is 6.36. The summed E-state index contributed by atoms with van der Waals surface area (Å²) in [5.41, 5.74) is 3.66. The SMILES string of the molecule is CCc1ccc(CC(C#N)c2ccccc2)cc1. The van der Waals surface area contributed by atoms with Crippen LogP contribution in [-0.4, -0.2) is 0 Å². The van der Waals surface area contributed by atoms with Crippen molar-refractivity contribution in [3.05, 3.63) is 71.3 Å². The third kappa shape index (κ3) is 2.99. The fraction of sp³-hybridized carbons (Fsp3) is 0.235. The maximum Gasteiger partial charge on any atom is 0.0753 e. The number of nitrogens with zero attached hydrogens (tertiary/aromatic N) is 1. The molecular weight excluding hydrogens is 218 g/mol. The maximum absolute atomic E-state index is 9.29. The second-order valence-electron chi connectivity index (χ2n) is 4.47. The first-order valence-electron chi connectivity index (χ1n) is 6.36. The molecule has 1 atom stereocenters. The molecule has 0 spiro atoms. The highest BCUT2D eigenvalue weighted by molar-refractivity contribution is 5.30. The van der Waals surface area contributed by atoms with E-state index in [1.54, 1.807) is 0 Å². The summed E-state index contributed by atoms with van der Waals surface area (Å²) in [4.78, 5) is 0. The van der Waals surface area contributed by atoms with Gasteiger partial charge >= 0.3 is 0 Å². The van der Waals surface area contributed by atoms with Gasteiger partial charge in [-0.05, 0) is 29.5 Å². The molecule has 2 rings (SSSR count). The quantitative estimate of drug-likeness (QED) is 0.782. The standard InChI is InChI=1S/C17H17N/c1-2-14-8-10-15(11-9-14)12-17(13-18)16-6-4-3-5-7-16/h3-11,17H,2,12H2,1H3. The minimum atomic E-state index is -0.0568. The van der Waals surface area contributed by atoms with E-state index in [9.17, 15) is 5.26 Å². The van der Waals surface area contributed by atoms with Crippen molar-refractivity contribution in [1.29, 1.82) is 5.26 Å². The van der Waals surface area contributed by atoms with Crippen LogP contribution in [0.2, 0.25) is 0 Å². The smallest absolute Gasteiger partial charge is 0.0753 e. The highest BCUT2D eigenvalue weighted by Gasteiger charge is 2.10.